The van der Waals surface area contributed by atoms with Crippen molar-refractivity contribution in [2.75, 3.05) is 13.6 Å². The van der Waals surface area contributed by atoms with Crippen LogP contribution in [0.3, 0.4) is 0 Å². The van der Waals surface area contributed by atoms with Gasteiger partial charge in [-0.05, 0) is 32.9 Å². The van der Waals surface area contributed by atoms with Gasteiger partial charge in [-0.15, -0.1) is 4.99 Å². The molecule has 0 bridgehead atoms. The van der Waals surface area contributed by atoms with E-state index in [1.54, 1.807) is 0 Å². The van der Waals surface area contributed by atoms with Crippen molar-refractivity contribution in [3.05, 3.63) is 0 Å². The highest BCUT2D eigenvalue weighted by atomic mass is 16.1. The molecule has 0 aromatic heterocycles. The van der Waals surface area contributed by atoms with E-state index >= 15 is 0 Å². The van der Waals surface area contributed by atoms with E-state index in [9.17, 15) is 4.79 Å². The van der Waals surface area contributed by atoms with Gasteiger partial charge in [0.15, 0.2) is 0 Å². The van der Waals surface area contributed by atoms with Crippen LogP contribution in [0.4, 0.5) is 0 Å². The molecule has 0 aromatic carbocycles. The fraction of sp³-hybridized carbons (Fsp3) is 0.667. The highest BCUT2D eigenvalue weighted by Gasteiger charge is 2.15. The van der Waals surface area contributed by atoms with Crippen molar-refractivity contribution in [2.24, 2.45) is 4.99 Å². The number of piperidine rings is 1. The number of rotatable bonds is 0. The van der Waals surface area contributed by atoms with Crippen LogP contribution in [0.1, 0.15) is 19.3 Å². The standard InChI is InChI=1S/C9H12N2O/c1-11-7-3-2-4-9(11)5-6-10-8-12/h9H,2-4,7H2,1H3. The smallest absolute Gasteiger partial charge is 0.249 e. The molecular weight excluding hydrogens is 152 g/mol. The van der Waals surface area contributed by atoms with Crippen LogP contribution >= 0.6 is 0 Å². The molecular formula is C9H12N2O. The summed E-state index contributed by atoms with van der Waals surface area (Å²) >= 11 is 0. The molecule has 0 aromatic rings. The number of nitrogens with zero attached hydrogens (tertiary/aromatic N) is 2. The molecule has 0 amide bonds. The number of aliphatic imine (C=N–C) groups is 1. The van der Waals surface area contributed by atoms with Crippen LogP contribution in [0.25, 0.3) is 0 Å². The largest absolute Gasteiger partial charge is 0.293 e. The normalized spacial score (nSPS) is 23.6. The third kappa shape index (κ3) is 2.50. The molecule has 64 valence electrons. The number of carbonyl (C=O) groups excluding carboxylic acids is 1. The Hall–Kier alpha value is -1.10. The Balaban J connectivity index is 2.50. The van der Waals surface area contributed by atoms with Crippen LogP contribution in [-0.2, 0) is 4.79 Å². The van der Waals surface area contributed by atoms with Gasteiger partial charge in [-0.3, -0.25) is 4.90 Å². The lowest BCUT2D eigenvalue weighted by atomic mass is 10.0. The number of isocyanates is 1. The average molecular weight is 164 g/mol. The Morgan fingerprint density at radius 2 is 2.33 bits per heavy atom. The maximum Gasteiger partial charge on any atom is 0.249 e. The summed E-state index contributed by atoms with van der Waals surface area (Å²) < 4.78 is 0. The van der Waals surface area contributed by atoms with Crippen LogP contribution in [0.5, 0.6) is 0 Å². The maximum atomic E-state index is 9.72. The third-order valence-electron chi connectivity index (χ3n) is 2.10. The summed E-state index contributed by atoms with van der Waals surface area (Å²) in [6.45, 7) is 1.09. The third-order valence-corrected chi connectivity index (χ3v) is 2.10. The first kappa shape index (κ1) is 8.99. The van der Waals surface area contributed by atoms with Gasteiger partial charge in [-0.1, -0.05) is 5.92 Å². The van der Waals surface area contributed by atoms with Crippen molar-refractivity contribution in [3.63, 3.8) is 0 Å². The highest BCUT2D eigenvalue weighted by molar-refractivity contribution is 5.36. The Morgan fingerprint density at radius 1 is 1.50 bits per heavy atom. The number of hydrogen-bond donors (Lipinski definition) is 0. The van der Waals surface area contributed by atoms with Crippen molar-refractivity contribution in [3.8, 4) is 12.0 Å². The van der Waals surface area contributed by atoms with Crippen molar-refractivity contribution >= 4 is 6.08 Å². The maximum absolute atomic E-state index is 9.72. The fourth-order valence-electron chi connectivity index (χ4n) is 1.39. The van der Waals surface area contributed by atoms with Crippen LogP contribution in [-0.4, -0.2) is 30.6 Å². The number of hydrogen-bond acceptors (Lipinski definition) is 3. The lowest BCUT2D eigenvalue weighted by Gasteiger charge is -2.28. The Bertz CT molecular complexity index is 245. The topological polar surface area (TPSA) is 32.7 Å². The minimum atomic E-state index is 0.274. The Morgan fingerprint density at radius 3 is 3.00 bits per heavy atom. The molecule has 12 heavy (non-hydrogen) atoms. The van der Waals surface area contributed by atoms with Crippen molar-refractivity contribution < 1.29 is 4.79 Å². The molecule has 1 aliphatic rings. The van der Waals surface area contributed by atoms with E-state index in [1.807, 2.05) is 7.05 Å². The Labute approximate surface area is 72.5 Å². The van der Waals surface area contributed by atoms with E-state index in [0.717, 1.165) is 13.0 Å². The molecule has 0 aliphatic carbocycles. The van der Waals surface area contributed by atoms with Crippen molar-refractivity contribution in [1.82, 2.24) is 4.90 Å². The predicted molar refractivity (Wildman–Crippen MR) is 46.2 cm³/mol. The summed E-state index contributed by atoms with van der Waals surface area (Å²) in [7, 11) is 2.04. The zero-order chi connectivity index (χ0) is 8.81. The van der Waals surface area contributed by atoms with Crippen molar-refractivity contribution in [2.45, 2.75) is 25.3 Å². The van der Waals surface area contributed by atoms with Crippen LogP contribution < -0.4 is 0 Å². The molecule has 1 atom stereocenters. The summed E-state index contributed by atoms with van der Waals surface area (Å²) in [4.78, 5) is 15.1. The van der Waals surface area contributed by atoms with Gasteiger partial charge in [-0.2, -0.15) is 0 Å². The zero-order valence-electron chi connectivity index (χ0n) is 7.21. The second kappa shape index (κ2) is 4.71. The molecule has 0 radical (unpaired) electrons. The molecule has 1 heterocycles. The summed E-state index contributed by atoms with van der Waals surface area (Å²) in [6, 6.07) is 2.72. The quantitative estimate of drug-likeness (QED) is 0.301. The van der Waals surface area contributed by atoms with Gasteiger partial charge in [0.1, 0.15) is 0 Å². The lowest BCUT2D eigenvalue weighted by Crippen LogP contribution is -2.34. The van der Waals surface area contributed by atoms with Gasteiger partial charge in [0.2, 0.25) is 6.08 Å². The Kier molecular flexibility index (Phi) is 3.53. The highest BCUT2D eigenvalue weighted by Crippen LogP contribution is 2.13. The van der Waals surface area contributed by atoms with Gasteiger partial charge in [0.25, 0.3) is 0 Å². The molecule has 0 spiro atoms. The van der Waals surface area contributed by atoms with E-state index in [0.29, 0.717) is 0 Å². The van der Waals surface area contributed by atoms with Crippen molar-refractivity contribution in [1.29, 1.82) is 0 Å². The fourth-order valence-corrected chi connectivity index (χ4v) is 1.39. The minimum Gasteiger partial charge on any atom is -0.293 e. The lowest BCUT2D eigenvalue weighted by molar-refractivity contribution is 0.229. The molecule has 0 N–H and O–H groups in total. The van der Waals surface area contributed by atoms with E-state index in [4.69, 9.17) is 0 Å². The molecule has 1 aliphatic heterocycles. The summed E-state index contributed by atoms with van der Waals surface area (Å²) in [5, 5.41) is 0. The molecule has 1 unspecified atom stereocenters. The van der Waals surface area contributed by atoms with Crippen LogP contribution in [0, 0.1) is 12.0 Å². The second-order valence-corrected chi connectivity index (χ2v) is 2.95. The van der Waals surface area contributed by atoms with E-state index in [1.165, 1.54) is 18.9 Å². The van der Waals surface area contributed by atoms with E-state index in [-0.39, 0.29) is 6.04 Å². The monoisotopic (exact) mass is 164 g/mol. The predicted octanol–water partition coefficient (Wildman–Crippen LogP) is 0.767. The minimum absolute atomic E-state index is 0.274. The summed E-state index contributed by atoms with van der Waals surface area (Å²) in [6.07, 6.45) is 4.94. The zero-order valence-corrected chi connectivity index (χ0v) is 7.21. The average Bonchev–Trinajstić information content (AvgIpc) is 2.09. The molecule has 1 fully saturated rings. The van der Waals surface area contributed by atoms with Gasteiger partial charge >= 0.3 is 0 Å². The molecule has 1 saturated heterocycles. The van der Waals surface area contributed by atoms with Gasteiger partial charge in [0, 0.05) is 6.04 Å². The second-order valence-electron chi connectivity index (χ2n) is 2.95. The van der Waals surface area contributed by atoms with Gasteiger partial charge < -0.3 is 0 Å². The molecule has 1 rings (SSSR count). The van der Waals surface area contributed by atoms with Crippen LogP contribution in [0.2, 0.25) is 0 Å². The number of likely N-dealkylation sites (tertiary alicyclic amines) is 1. The van der Waals surface area contributed by atoms with E-state index < -0.39 is 0 Å². The molecule has 3 nitrogen and oxygen atoms in total. The van der Waals surface area contributed by atoms with Gasteiger partial charge in [0.05, 0.1) is 6.04 Å². The first-order valence-electron chi connectivity index (χ1n) is 4.12. The first-order valence-corrected chi connectivity index (χ1v) is 4.12. The summed E-state index contributed by atoms with van der Waals surface area (Å²) in [5.41, 5.74) is 0. The summed E-state index contributed by atoms with van der Waals surface area (Å²) in [5.74, 6) is 2.92. The van der Waals surface area contributed by atoms with Crippen LogP contribution in [0.15, 0.2) is 4.99 Å². The molecule has 0 saturated carbocycles. The molecule has 3 heteroatoms. The first-order chi connectivity index (χ1) is 5.84. The SMILES string of the molecule is CN1CCCCC1C#CN=C=O. The van der Waals surface area contributed by atoms with Gasteiger partial charge in [-0.25, -0.2) is 4.79 Å². The van der Waals surface area contributed by atoms with E-state index in [2.05, 4.69) is 21.9 Å².